The second kappa shape index (κ2) is 7.76. The lowest BCUT2D eigenvalue weighted by Crippen LogP contribution is -2.57. The second-order valence-electron chi connectivity index (χ2n) is 6.96. The van der Waals surface area contributed by atoms with Gasteiger partial charge in [-0.05, 0) is 68.2 Å². The number of alkyl halides is 1. The Morgan fingerprint density at radius 1 is 1.19 bits per heavy atom. The van der Waals surface area contributed by atoms with Crippen LogP contribution >= 0.6 is 11.8 Å². The summed E-state index contributed by atoms with van der Waals surface area (Å²) in [6.45, 7) is 2.75. The zero-order valence-corrected chi connectivity index (χ0v) is 15.3. The number of piperidine rings is 3. The molecule has 26 heavy (non-hydrogen) atoms. The molecule has 1 N–H and O–H groups in total. The van der Waals surface area contributed by atoms with Crippen LogP contribution in [-0.4, -0.2) is 41.5 Å². The average Bonchev–Trinajstić information content (AvgIpc) is 2.69. The highest BCUT2D eigenvalue weighted by Gasteiger charge is 2.34. The second-order valence-corrected chi connectivity index (χ2v) is 8.11. The summed E-state index contributed by atoms with van der Waals surface area (Å²) in [6, 6.07) is 11.5. The number of carbonyl (C=O) groups excluding carboxylic acids is 1. The number of aromatic nitrogens is 1. The minimum Gasteiger partial charge on any atom is -0.348 e. The number of amides is 1. The molecule has 5 rings (SSSR count). The van der Waals surface area contributed by atoms with E-state index in [2.05, 4.69) is 15.2 Å². The number of fused-ring (bicyclic) bond motifs is 3. The van der Waals surface area contributed by atoms with Crippen molar-refractivity contribution in [1.82, 2.24) is 15.2 Å². The Bertz CT molecular complexity index is 775. The molecule has 136 valence electrons. The molecule has 3 saturated heterocycles. The molecule has 6 heteroatoms. The number of halogens is 1. The van der Waals surface area contributed by atoms with Gasteiger partial charge in [-0.2, -0.15) is 0 Å². The number of benzene rings is 1. The molecule has 3 fully saturated rings. The Hall–Kier alpha value is -1.92. The van der Waals surface area contributed by atoms with Crippen molar-refractivity contribution in [2.24, 2.45) is 5.92 Å². The van der Waals surface area contributed by atoms with Crippen LogP contribution in [0.1, 0.15) is 28.9 Å². The number of nitrogens with one attached hydrogen (secondary N) is 1. The van der Waals surface area contributed by atoms with Crippen LogP contribution < -0.4 is 5.32 Å². The molecule has 1 amide bonds. The van der Waals surface area contributed by atoms with Crippen molar-refractivity contribution in [2.45, 2.75) is 35.3 Å². The number of hydrogen-bond donors (Lipinski definition) is 1. The van der Waals surface area contributed by atoms with Gasteiger partial charge in [0.05, 0.1) is 5.69 Å². The van der Waals surface area contributed by atoms with Crippen molar-refractivity contribution in [2.75, 3.05) is 19.6 Å². The van der Waals surface area contributed by atoms with E-state index in [9.17, 15) is 9.18 Å². The van der Waals surface area contributed by atoms with Crippen molar-refractivity contribution in [3.05, 3.63) is 53.9 Å². The summed E-state index contributed by atoms with van der Waals surface area (Å²) in [7, 11) is 0. The van der Waals surface area contributed by atoms with Crippen LogP contribution in [0.15, 0.2) is 52.4 Å². The van der Waals surface area contributed by atoms with E-state index in [4.69, 9.17) is 0 Å². The molecule has 2 bridgehead atoms. The first kappa shape index (κ1) is 17.5. The van der Waals surface area contributed by atoms with E-state index < -0.39 is 6.67 Å². The predicted octanol–water partition coefficient (Wildman–Crippen LogP) is 3.53. The Balaban J connectivity index is 1.38. The molecule has 1 aromatic carbocycles. The topological polar surface area (TPSA) is 45.2 Å². The summed E-state index contributed by atoms with van der Waals surface area (Å²) in [5.41, 5.74) is 1.12. The molecular weight excluding hydrogens is 349 g/mol. The van der Waals surface area contributed by atoms with Crippen molar-refractivity contribution in [3.63, 3.8) is 0 Å². The molecule has 4 heterocycles. The van der Waals surface area contributed by atoms with Gasteiger partial charge < -0.3 is 10.2 Å². The Kier molecular flexibility index (Phi) is 5.22. The molecule has 3 aliphatic heterocycles. The fourth-order valence-corrected chi connectivity index (χ4v) is 4.65. The molecule has 0 unspecified atom stereocenters. The van der Waals surface area contributed by atoms with Gasteiger partial charge in [0.2, 0.25) is 0 Å². The Morgan fingerprint density at radius 3 is 2.62 bits per heavy atom. The highest BCUT2D eigenvalue weighted by Crippen LogP contribution is 2.29. The van der Waals surface area contributed by atoms with Crippen LogP contribution in [0, 0.1) is 5.92 Å². The van der Waals surface area contributed by atoms with Gasteiger partial charge in [-0.1, -0.05) is 11.8 Å². The summed E-state index contributed by atoms with van der Waals surface area (Å²) >= 11 is 1.54. The minimum atomic E-state index is -0.562. The zero-order valence-electron chi connectivity index (χ0n) is 14.5. The molecule has 0 saturated carbocycles. The first-order valence-corrected chi connectivity index (χ1v) is 9.85. The van der Waals surface area contributed by atoms with Crippen LogP contribution in [0.3, 0.4) is 0 Å². The van der Waals surface area contributed by atoms with Crippen molar-refractivity contribution in [1.29, 1.82) is 0 Å². The minimum absolute atomic E-state index is 0.00364. The van der Waals surface area contributed by atoms with Crippen LogP contribution in [0.25, 0.3) is 0 Å². The molecule has 3 aliphatic rings. The summed E-state index contributed by atoms with van der Waals surface area (Å²) in [5, 5.41) is 3.21. The fraction of sp³-hybridized carbons (Fsp3) is 0.400. The van der Waals surface area contributed by atoms with Gasteiger partial charge >= 0.3 is 0 Å². The lowest BCUT2D eigenvalue weighted by molar-refractivity contribution is 0.0620. The number of carbonyl (C=O) groups is 1. The van der Waals surface area contributed by atoms with Gasteiger partial charge in [-0.3, -0.25) is 9.78 Å². The average molecular weight is 371 g/mol. The summed E-state index contributed by atoms with van der Waals surface area (Å²) in [4.78, 5) is 20.9. The molecule has 1 aromatic heterocycles. The van der Waals surface area contributed by atoms with Crippen molar-refractivity contribution in [3.8, 4) is 0 Å². The van der Waals surface area contributed by atoms with Gasteiger partial charge in [0.1, 0.15) is 6.67 Å². The summed E-state index contributed by atoms with van der Waals surface area (Å²) in [6.07, 6.45) is 3.99. The van der Waals surface area contributed by atoms with Gasteiger partial charge in [0.15, 0.2) is 0 Å². The van der Waals surface area contributed by atoms with Crippen LogP contribution in [0.5, 0.6) is 0 Å². The van der Waals surface area contributed by atoms with Crippen LogP contribution in [0.2, 0.25) is 0 Å². The van der Waals surface area contributed by atoms with E-state index in [0.717, 1.165) is 16.3 Å². The highest BCUT2D eigenvalue weighted by atomic mass is 32.2. The van der Waals surface area contributed by atoms with E-state index in [1.54, 1.807) is 12.3 Å². The molecule has 1 atom stereocenters. The maximum Gasteiger partial charge on any atom is 0.251 e. The monoisotopic (exact) mass is 371 g/mol. The number of nitrogens with zero attached hydrogens (tertiary/aromatic N) is 2. The van der Waals surface area contributed by atoms with Gasteiger partial charge in [0, 0.05) is 34.1 Å². The molecule has 2 aromatic rings. The fourth-order valence-electron chi connectivity index (χ4n) is 3.78. The maximum atomic E-state index is 12.7. The molecule has 0 aliphatic carbocycles. The van der Waals surface area contributed by atoms with E-state index >= 15 is 0 Å². The lowest BCUT2D eigenvalue weighted by Gasteiger charge is -2.44. The third kappa shape index (κ3) is 3.91. The third-order valence-corrected chi connectivity index (χ3v) is 6.25. The third-order valence-electron chi connectivity index (χ3n) is 5.25. The lowest BCUT2D eigenvalue weighted by atomic mass is 9.84. The molecule has 0 radical (unpaired) electrons. The first-order chi connectivity index (χ1) is 12.7. The smallest absolute Gasteiger partial charge is 0.251 e. The highest BCUT2D eigenvalue weighted by molar-refractivity contribution is 7.99. The van der Waals surface area contributed by atoms with E-state index in [1.807, 2.05) is 30.3 Å². The van der Waals surface area contributed by atoms with Gasteiger partial charge in [-0.25, -0.2) is 4.39 Å². The first-order valence-electron chi connectivity index (χ1n) is 9.03. The number of pyridine rings is 1. The van der Waals surface area contributed by atoms with E-state index in [0.29, 0.717) is 17.2 Å². The molecule has 4 nitrogen and oxygen atoms in total. The summed E-state index contributed by atoms with van der Waals surface area (Å²) < 4.78 is 12.7. The van der Waals surface area contributed by atoms with E-state index in [1.165, 1.54) is 37.7 Å². The zero-order chi connectivity index (χ0) is 17.9. The van der Waals surface area contributed by atoms with Crippen molar-refractivity contribution < 1.29 is 9.18 Å². The largest absolute Gasteiger partial charge is 0.348 e. The Morgan fingerprint density at radius 2 is 1.96 bits per heavy atom. The van der Waals surface area contributed by atoms with Crippen LogP contribution in [-0.2, 0) is 6.67 Å². The quantitative estimate of drug-likeness (QED) is 0.873. The predicted molar refractivity (Wildman–Crippen MR) is 100 cm³/mol. The van der Waals surface area contributed by atoms with Gasteiger partial charge in [0.25, 0.3) is 5.91 Å². The normalized spacial score (nSPS) is 24.4. The molecular formula is C20H22FN3OS. The van der Waals surface area contributed by atoms with Gasteiger partial charge in [-0.15, -0.1) is 0 Å². The number of rotatable bonds is 5. The number of hydrogen-bond acceptors (Lipinski definition) is 4. The Labute approximate surface area is 157 Å². The SMILES string of the molecule is O=C(N[C@H]1CN2CCC1CC2)c1ccc(Sc2ccnc(CF)c2)cc1. The maximum absolute atomic E-state index is 12.7. The summed E-state index contributed by atoms with van der Waals surface area (Å²) in [5.74, 6) is 0.624. The van der Waals surface area contributed by atoms with Crippen molar-refractivity contribution >= 4 is 17.7 Å². The van der Waals surface area contributed by atoms with E-state index in [-0.39, 0.29) is 11.9 Å². The van der Waals surface area contributed by atoms with Crippen LogP contribution in [0.4, 0.5) is 4.39 Å². The standard InChI is InChI=1S/C20H22FN3OS/c21-12-16-11-18(5-8-22-16)26-17-3-1-15(2-4-17)20(25)23-19-13-24-9-6-14(19)7-10-24/h1-5,8,11,14,19H,6-7,9-10,12-13H2,(H,23,25)/t19-/m0/s1. The molecule has 0 spiro atoms.